The molecule has 2 aromatic heterocycles. The second-order valence-corrected chi connectivity index (χ2v) is 3.70. The summed E-state index contributed by atoms with van der Waals surface area (Å²) in [5.41, 5.74) is 6.57. The molecule has 2 N–H and O–H groups in total. The third-order valence-electron chi connectivity index (χ3n) is 2.39. The highest BCUT2D eigenvalue weighted by atomic mass is 35.5. The number of hydrogen-bond acceptors (Lipinski definition) is 3. The van der Waals surface area contributed by atoms with E-state index in [1.807, 2.05) is 19.2 Å². The summed E-state index contributed by atoms with van der Waals surface area (Å²) in [6.07, 6.45) is 3.23. The molecule has 2 aromatic rings. The molecule has 5 heteroatoms. The molecule has 0 radical (unpaired) electrons. The second kappa shape index (κ2) is 3.98. The summed E-state index contributed by atoms with van der Waals surface area (Å²) in [7, 11) is 1.85. The van der Waals surface area contributed by atoms with Crippen LogP contribution in [0.5, 0.6) is 0 Å². The Balaban J connectivity index is 2.11. The number of rotatable bonds is 3. The van der Waals surface area contributed by atoms with Gasteiger partial charge in [-0.3, -0.25) is 0 Å². The fraction of sp³-hybridized carbons (Fsp3) is 0.300. The van der Waals surface area contributed by atoms with Crippen LogP contribution < -0.4 is 5.73 Å². The molecule has 0 fully saturated rings. The van der Waals surface area contributed by atoms with Gasteiger partial charge in [-0.05, 0) is 18.6 Å². The normalized spacial score (nSPS) is 10.8. The lowest BCUT2D eigenvalue weighted by atomic mass is 10.2. The standard InChI is InChI=1S/C10H12ClN3O/c1-14-8(9(11)13-10(14)12)5-4-7-3-2-6-15-7/h2-3,6H,4-5H2,1H3,(H2,12,13). The van der Waals surface area contributed by atoms with E-state index in [1.165, 1.54) is 0 Å². The fourth-order valence-electron chi connectivity index (χ4n) is 1.48. The maximum Gasteiger partial charge on any atom is 0.201 e. The summed E-state index contributed by atoms with van der Waals surface area (Å²) >= 11 is 5.95. The number of nitrogens with zero attached hydrogens (tertiary/aromatic N) is 2. The van der Waals surface area contributed by atoms with E-state index in [1.54, 1.807) is 10.8 Å². The maximum atomic E-state index is 5.95. The Kier molecular flexibility index (Phi) is 2.68. The van der Waals surface area contributed by atoms with E-state index < -0.39 is 0 Å². The molecule has 15 heavy (non-hydrogen) atoms. The summed E-state index contributed by atoms with van der Waals surface area (Å²) in [4.78, 5) is 3.99. The summed E-state index contributed by atoms with van der Waals surface area (Å²) < 4.78 is 7.03. The van der Waals surface area contributed by atoms with Crippen LogP contribution in [0.2, 0.25) is 5.15 Å². The number of hydrogen-bond donors (Lipinski definition) is 1. The van der Waals surface area contributed by atoms with Crippen LogP contribution in [0.15, 0.2) is 22.8 Å². The predicted octanol–water partition coefficient (Wildman–Crippen LogP) is 2.03. The molecule has 2 heterocycles. The van der Waals surface area contributed by atoms with Gasteiger partial charge >= 0.3 is 0 Å². The van der Waals surface area contributed by atoms with E-state index in [9.17, 15) is 0 Å². The summed E-state index contributed by atoms with van der Waals surface area (Å²) in [5, 5.41) is 0.474. The number of nitrogen functional groups attached to an aromatic ring is 1. The van der Waals surface area contributed by atoms with Crippen LogP contribution in [-0.4, -0.2) is 9.55 Å². The Hall–Kier alpha value is -1.42. The van der Waals surface area contributed by atoms with E-state index in [2.05, 4.69) is 4.98 Å². The van der Waals surface area contributed by atoms with Crippen molar-refractivity contribution < 1.29 is 4.42 Å². The van der Waals surface area contributed by atoms with Gasteiger partial charge in [-0.1, -0.05) is 11.6 Å². The Morgan fingerprint density at radius 3 is 2.87 bits per heavy atom. The van der Waals surface area contributed by atoms with Crippen molar-refractivity contribution in [3.05, 3.63) is 35.0 Å². The van der Waals surface area contributed by atoms with Gasteiger partial charge in [-0.2, -0.15) is 0 Å². The molecule has 4 nitrogen and oxygen atoms in total. The van der Waals surface area contributed by atoms with E-state index in [-0.39, 0.29) is 0 Å². The molecule has 0 saturated heterocycles. The average Bonchev–Trinajstić information content (AvgIpc) is 2.76. The van der Waals surface area contributed by atoms with Crippen LogP contribution in [0.3, 0.4) is 0 Å². The summed E-state index contributed by atoms with van der Waals surface area (Å²) in [6.45, 7) is 0. The van der Waals surface area contributed by atoms with Crippen LogP contribution in [0.4, 0.5) is 5.95 Å². The average molecular weight is 226 g/mol. The highest BCUT2D eigenvalue weighted by molar-refractivity contribution is 6.30. The van der Waals surface area contributed by atoms with Crippen molar-refractivity contribution >= 4 is 17.5 Å². The molecule has 0 aromatic carbocycles. The van der Waals surface area contributed by atoms with Crippen LogP contribution in [0.1, 0.15) is 11.5 Å². The van der Waals surface area contributed by atoms with Gasteiger partial charge in [0.2, 0.25) is 5.95 Å². The minimum absolute atomic E-state index is 0.439. The van der Waals surface area contributed by atoms with E-state index >= 15 is 0 Å². The number of anilines is 1. The molecule has 0 saturated carbocycles. The van der Waals surface area contributed by atoms with Crippen LogP contribution in [0, 0.1) is 0 Å². The van der Waals surface area contributed by atoms with Gasteiger partial charge in [-0.25, -0.2) is 4.98 Å². The molecule has 0 aliphatic carbocycles. The fourth-order valence-corrected chi connectivity index (χ4v) is 1.79. The SMILES string of the molecule is Cn1c(N)nc(Cl)c1CCc1ccco1. The van der Waals surface area contributed by atoms with Crippen molar-refractivity contribution in [2.45, 2.75) is 12.8 Å². The summed E-state index contributed by atoms with van der Waals surface area (Å²) in [6, 6.07) is 3.81. The van der Waals surface area contributed by atoms with Crippen molar-refractivity contribution in [3.63, 3.8) is 0 Å². The van der Waals surface area contributed by atoms with Gasteiger partial charge < -0.3 is 14.7 Å². The molecule has 0 bridgehead atoms. The molecule has 0 aliphatic rings. The molecule has 0 spiro atoms. The van der Waals surface area contributed by atoms with E-state index in [0.717, 1.165) is 24.3 Å². The number of nitrogens with two attached hydrogens (primary N) is 1. The highest BCUT2D eigenvalue weighted by Crippen LogP contribution is 2.19. The van der Waals surface area contributed by atoms with Gasteiger partial charge in [0.25, 0.3) is 0 Å². The van der Waals surface area contributed by atoms with E-state index in [0.29, 0.717) is 11.1 Å². The quantitative estimate of drug-likeness (QED) is 0.870. The first-order chi connectivity index (χ1) is 7.18. The third kappa shape index (κ3) is 1.99. The number of halogens is 1. The Labute approximate surface area is 92.7 Å². The smallest absolute Gasteiger partial charge is 0.201 e. The van der Waals surface area contributed by atoms with Crippen molar-refractivity contribution in [2.75, 3.05) is 5.73 Å². The van der Waals surface area contributed by atoms with Gasteiger partial charge in [0.05, 0.1) is 12.0 Å². The minimum Gasteiger partial charge on any atom is -0.469 e. The van der Waals surface area contributed by atoms with Crippen LogP contribution in [0.25, 0.3) is 0 Å². The third-order valence-corrected chi connectivity index (χ3v) is 2.69. The number of aryl methyl sites for hydroxylation is 1. The molecular formula is C10H12ClN3O. The molecular weight excluding hydrogens is 214 g/mol. The Morgan fingerprint density at radius 2 is 2.33 bits per heavy atom. The minimum atomic E-state index is 0.439. The van der Waals surface area contributed by atoms with Gasteiger partial charge in [0, 0.05) is 13.5 Å². The second-order valence-electron chi connectivity index (χ2n) is 3.35. The first-order valence-electron chi connectivity index (χ1n) is 4.67. The molecule has 80 valence electrons. The largest absolute Gasteiger partial charge is 0.469 e. The maximum absolute atomic E-state index is 5.95. The number of aromatic nitrogens is 2. The summed E-state index contributed by atoms with van der Waals surface area (Å²) in [5.74, 6) is 1.38. The van der Waals surface area contributed by atoms with Crippen molar-refractivity contribution in [3.8, 4) is 0 Å². The van der Waals surface area contributed by atoms with Crippen LogP contribution >= 0.6 is 11.6 Å². The molecule has 0 atom stereocenters. The zero-order chi connectivity index (χ0) is 10.8. The van der Waals surface area contributed by atoms with E-state index in [4.69, 9.17) is 21.8 Å². The Morgan fingerprint density at radius 1 is 1.53 bits per heavy atom. The Bertz CT molecular complexity index is 447. The first kappa shape index (κ1) is 10.1. The monoisotopic (exact) mass is 225 g/mol. The lowest BCUT2D eigenvalue weighted by Crippen LogP contribution is -2.02. The molecule has 2 rings (SSSR count). The molecule has 0 aliphatic heterocycles. The first-order valence-corrected chi connectivity index (χ1v) is 5.05. The topological polar surface area (TPSA) is 57.0 Å². The zero-order valence-electron chi connectivity index (χ0n) is 8.40. The van der Waals surface area contributed by atoms with Gasteiger partial charge in [0.15, 0.2) is 5.15 Å². The zero-order valence-corrected chi connectivity index (χ0v) is 9.16. The van der Waals surface area contributed by atoms with Gasteiger partial charge in [-0.15, -0.1) is 0 Å². The molecule has 0 amide bonds. The predicted molar refractivity (Wildman–Crippen MR) is 58.7 cm³/mol. The van der Waals surface area contributed by atoms with Gasteiger partial charge in [0.1, 0.15) is 5.76 Å². The number of furan rings is 1. The van der Waals surface area contributed by atoms with Crippen molar-refractivity contribution in [1.82, 2.24) is 9.55 Å². The lowest BCUT2D eigenvalue weighted by Gasteiger charge is -2.02. The lowest BCUT2D eigenvalue weighted by molar-refractivity contribution is 0.506. The number of imidazole rings is 1. The highest BCUT2D eigenvalue weighted by Gasteiger charge is 2.11. The van der Waals surface area contributed by atoms with Crippen molar-refractivity contribution in [1.29, 1.82) is 0 Å². The van der Waals surface area contributed by atoms with Crippen LogP contribution in [-0.2, 0) is 19.9 Å². The molecule has 0 unspecified atom stereocenters. The van der Waals surface area contributed by atoms with Crippen molar-refractivity contribution in [2.24, 2.45) is 7.05 Å².